The van der Waals surface area contributed by atoms with Crippen LogP contribution in [0.25, 0.3) is 0 Å². The van der Waals surface area contributed by atoms with E-state index in [2.05, 4.69) is 10.1 Å². The van der Waals surface area contributed by atoms with Crippen LogP contribution < -0.4 is 5.32 Å². The van der Waals surface area contributed by atoms with E-state index >= 15 is 0 Å². The molecule has 0 radical (unpaired) electrons. The van der Waals surface area contributed by atoms with Gasteiger partial charge in [0.05, 0.1) is 5.75 Å². The lowest BCUT2D eigenvalue weighted by Gasteiger charge is -2.03. The number of carbonyl (C=O) groups is 2. The maximum Gasteiger partial charge on any atom is 0.295 e. The fourth-order valence-corrected chi connectivity index (χ4v) is 1.21. The van der Waals surface area contributed by atoms with Crippen LogP contribution in [-0.2, 0) is 14.3 Å². The first-order valence-electron chi connectivity index (χ1n) is 2.33. The van der Waals surface area contributed by atoms with Gasteiger partial charge in [-0.1, -0.05) is 11.8 Å². The minimum atomic E-state index is -0.463. The molecule has 1 N–H and O–H groups in total. The van der Waals surface area contributed by atoms with Crippen LogP contribution in [0.1, 0.15) is 0 Å². The van der Waals surface area contributed by atoms with Crippen molar-refractivity contribution in [2.75, 3.05) is 5.75 Å². The lowest BCUT2D eigenvalue weighted by molar-refractivity contribution is -0.132. The second kappa shape index (κ2) is 2.72. The van der Waals surface area contributed by atoms with Crippen LogP contribution >= 0.6 is 11.8 Å². The zero-order valence-corrected chi connectivity index (χ0v) is 5.31. The highest BCUT2D eigenvalue weighted by molar-refractivity contribution is 8.00. The van der Waals surface area contributed by atoms with E-state index < -0.39 is 5.56 Å². The summed E-state index contributed by atoms with van der Waals surface area (Å²) in [6.07, 6.45) is 0. The van der Waals surface area contributed by atoms with Crippen molar-refractivity contribution >= 4 is 24.1 Å². The van der Waals surface area contributed by atoms with Crippen LogP contribution in [0, 0.1) is 0 Å². The second-order valence-electron chi connectivity index (χ2n) is 1.44. The first kappa shape index (κ1) is 6.41. The van der Waals surface area contributed by atoms with Crippen molar-refractivity contribution in [2.24, 2.45) is 0 Å². The highest BCUT2D eigenvalue weighted by Gasteiger charge is 2.21. The van der Waals surface area contributed by atoms with E-state index in [1.807, 2.05) is 0 Å². The number of nitrogens with one attached hydrogen (secondary N) is 1. The van der Waals surface area contributed by atoms with Gasteiger partial charge in [-0.25, -0.2) is 0 Å². The van der Waals surface area contributed by atoms with Gasteiger partial charge in [-0.05, 0) is 0 Å². The lowest BCUT2D eigenvalue weighted by Crippen LogP contribution is -2.26. The molecular weight excluding hydrogens is 142 g/mol. The minimum absolute atomic E-state index is 0.0909. The standard InChI is InChI=1S/C4H5NO3S/c6-2-8-4-5-3(7)1-9-4/h2,4H,1H2,(H,5,7). The molecule has 1 aliphatic rings. The van der Waals surface area contributed by atoms with Crippen molar-refractivity contribution in [2.45, 2.75) is 5.56 Å². The zero-order chi connectivity index (χ0) is 6.69. The van der Waals surface area contributed by atoms with E-state index in [1.54, 1.807) is 0 Å². The smallest absolute Gasteiger partial charge is 0.295 e. The highest BCUT2D eigenvalue weighted by Crippen LogP contribution is 2.14. The molecule has 1 fully saturated rings. The van der Waals surface area contributed by atoms with Gasteiger partial charge in [-0.15, -0.1) is 0 Å². The van der Waals surface area contributed by atoms with Gasteiger partial charge in [0.25, 0.3) is 6.47 Å². The van der Waals surface area contributed by atoms with Gasteiger partial charge >= 0.3 is 0 Å². The molecule has 0 aromatic heterocycles. The summed E-state index contributed by atoms with van der Waals surface area (Å²) in [6, 6.07) is 0. The van der Waals surface area contributed by atoms with Crippen LogP contribution in [0.4, 0.5) is 0 Å². The van der Waals surface area contributed by atoms with E-state index in [-0.39, 0.29) is 5.91 Å². The fraction of sp³-hybridized carbons (Fsp3) is 0.500. The van der Waals surface area contributed by atoms with E-state index in [9.17, 15) is 9.59 Å². The van der Waals surface area contributed by atoms with E-state index in [4.69, 9.17) is 0 Å². The molecule has 0 bridgehead atoms. The largest absolute Gasteiger partial charge is 0.434 e. The first-order chi connectivity index (χ1) is 4.33. The molecule has 1 aliphatic heterocycles. The maximum absolute atomic E-state index is 10.4. The van der Waals surface area contributed by atoms with Crippen molar-refractivity contribution in [1.82, 2.24) is 5.32 Å². The number of rotatable bonds is 2. The van der Waals surface area contributed by atoms with Crippen molar-refractivity contribution < 1.29 is 14.3 Å². The van der Waals surface area contributed by atoms with E-state index in [0.717, 1.165) is 0 Å². The molecule has 0 aromatic rings. The summed E-state index contributed by atoms with van der Waals surface area (Å²) in [5.74, 6) is 0.283. The summed E-state index contributed by atoms with van der Waals surface area (Å²) in [5.41, 5.74) is -0.463. The Morgan fingerprint density at radius 3 is 3.11 bits per heavy atom. The maximum atomic E-state index is 10.4. The molecule has 5 heteroatoms. The number of carbonyl (C=O) groups excluding carboxylic acids is 2. The van der Waals surface area contributed by atoms with Crippen molar-refractivity contribution in [3.8, 4) is 0 Å². The predicted molar refractivity (Wildman–Crippen MR) is 31.5 cm³/mol. The van der Waals surface area contributed by atoms with Gasteiger partial charge in [0.2, 0.25) is 11.5 Å². The Hall–Kier alpha value is -0.710. The SMILES string of the molecule is O=COC1NC(=O)CS1. The molecule has 1 unspecified atom stereocenters. The van der Waals surface area contributed by atoms with Gasteiger partial charge in [-0.2, -0.15) is 0 Å². The molecule has 1 saturated heterocycles. The predicted octanol–water partition coefficient (Wildman–Crippen LogP) is -0.694. The Kier molecular flexibility index (Phi) is 1.94. The van der Waals surface area contributed by atoms with Gasteiger partial charge in [0.15, 0.2) is 0 Å². The Balaban J connectivity index is 2.29. The van der Waals surface area contributed by atoms with Crippen LogP contribution in [0.3, 0.4) is 0 Å². The molecule has 9 heavy (non-hydrogen) atoms. The van der Waals surface area contributed by atoms with Crippen LogP contribution in [0.15, 0.2) is 0 Å². The normalized spacial score (nSPS) is 25.3. The molecule has 0 saturated carbocycles. The molecule has 50 valence electrons. The Morgan fingerprint density at radius 2 is 2.67 bits per heavy atom. The van der Waals surface area contributed by atoms with E-state index in [1.165, 1.54) is 11.8 Å². The zero-order valence-electron chi connectivity index (χ0n) is 4.49. The Labute approximate surface area is 55.9 Å². The Morgan fingerprint density at radius 1 is 1.89 bits per heavy atom. The summed E-state index contributed by atoms with van der Waals surface area (Å²) in [4.78, 5) is 20.1. The summed E-state index contributed by atoms with van der Waals surface area (Å²) in [7, 11) is 0. The molecule has 1 amide bonds. The highest BCUT2D eigenvalue weighted by atomic mass is 32.2. The van der Waals surface area contributed by atoms with Gasteiger partial charge in [0.1, 0.15) is 0 Å². The molecule has 1 rings (SSSR count). The number of hydrogen-bond acceptors (Lipinski definition) is 4. The molecule has 0 spiro atoms. The monoisotopic (exact) mass is 147 g/mol. The number of amides is 1. The van der Waals surface area contributed by atoms with Gasteiger partial charge in [-0.3, -0.25) is 9.59 Å². The summed E-state index contributed by atoms with van der Waals surface area (Å²) < 4.78 is 4.42. The third-order valence-corrected chi connectivity index (χ3v) is 1.78. The average Bonchev–Trinajstić information content (AvgIpc) is 2.17. The van der Waals surface area contributed by atoms with Crippen LogP contribution in [-0.4, -0.2) is 23.7 Å². The van der Waals surface area contributed by atoms with Crippen molar-refractivity contribution in [1.29, 1.82) is 0 Å². The molecular formula is C4H5NO3S. The average molecular weight is 147 g/mol. The van der Waals surface area contributed by atoms with Gasteiger partial charge in [0, 0.05) is 0 Å². The van der Waals surface area contributed by atoms with Crippen molar-refractivity contribution in [3.63, 3.8) is 0 Å². The third kappa shape index (κ3) is 1.60. The van der Waals surface area contributed by atoms with E-state index in [0.29, 0.717) is 12.2 Å². The number of thioether (sulfide) groups is 1. The number of hydrogen-bond donors (Lipinski definition) is 1. The topological polar surface area (TPSA) is 55.4 Å². The summed E-state index contributed by atoms with van der Waals surface area (Å²) in [6.45, 7) is 0.323. The molecule has 1 atom stereocenters. The van der Waals surface area contributed by atoms with Crippen LogP contribution in [0.2, 0.25) is 0 Å². The quantitative estimate of drug-likeness (QED) is 0.525. The molecule has 4 nitrogen and oxygen atoms in total. The Bertz CT molecular complexity index is 138. The third-order valence-electron chi connectivity index (χ3n) is 0.824. The number of ether oxygens (including phenoxy) is 1. The first-order valence-corrected chi connectivity index (χ1v) is 3.38. The van der Waals surface area contributed by atoms with Gasteiger partial charge < -0.3 is 10.1 Å². The summed E-state index contributed by atoms with van der Waals surface area (Å²) >= 11 is 1.26. The fourth-order valence-electron chi connectivity index (χ4n) is 0.490. The molecule has 1 heterocycles. The molecule has 0 aromatic carbocycles. The summed E-state index contributed by atoms with van der Waals surface area (Å²) in [5, 5.41) is 2.43. The second-order valence-corrected chi connectivity index (χ2v) is 2.49. The lowest BCUT2D eigenvalue weighted by atomic mass is 10.7. The minimum Gasteiger partial charge on any atom is -0.434 e. The van der Waals surface area contributed by atoms with Crippen molar-refractivity contribution in [3.05, 3.63) is 0 Å². The van der Waals surface area contributed by atoms with Crippen LogP contribution in [0.5, 0.6) is 0 Å². The molecule has 0 aliphatic carbocycles.